The van der Waals surface area contributed by atoms with E-state index in [2.05, 4.69) is 0 Å². The van der Waals surface area contributed by atoms with Gasteiger partial charge in [-0.2, -0.15) is 0 Å². The van der Waals surface area contributed by atoms with Crippen molar-refractivity contribution < 1.29 is 18.6 Å². The third-order valence-electron chi connectivity index (χ3n) is 2.01. The first kappa shape index (κ1) is 15.4. The molecule has 0 N–H and O–H groups in total. The minimum Gasteiger partial charge on any atom is -0.462 e. The fraction of sp³-hybridized carbons (Fsp3) is 0.364. The first-order valence-electron chi connectivity index (χ1n) is 5.22. The van der Waals surface area contributed by atoms with Gasteiger partial charge < -0.3 is 9.26 Å². The first-order valence-corrected chi connectivity index (χ1v) is 8.28. The smallest absolute Gasteiger partial charge is 0.341 e. The summed E-state index contributed by atoms with van der Waals surface area (Å²) in [5.41, 5.74) is -0.226. The molecule has 1 aromatic carbocycles. The van der Waals surface area contributed by atoms with E-state index in [-0.39, 0.29) is 29.2 Å². The molecular formula is C11H13Cl2O4P. The molecule has 0 heterocycles. The molecule has 7 heteroatoms. The van der Waals surface area contributed by atoms with Crippen LogP contribution in [0.25, 0.3) is 0 Å². The number of halogens is 2. The summed E-state index contributed by atoms with van der Waals surface area (Å²) in [5, 5.41) is 0. The van der Waals surface area contributed by atoms with Gasteiger partial charge in [0.05, 0.1) is 6.61 Å². The van der Waals surface area contributed by atoms with Crippen molar-refractivity contribution in [1.82, 2.24) is 0 Å². The Morgan fingerprint density at radius 3 is 2.44 bits per heavy atom. The molecule has 4 nitrogen and oxygen atoms in total. The molecule has 0 unspecified atom stereocenters. The van der Waals surface area contributed by atoms with Crippen LogP contribution in [0.4, 0.5) is 0 Å². The Labute approximate surface area is 116 Å². The van der Waals surface area contributed by atoms with Crippen molar-refractivity contribution in [2.45, 2.75) is 6.92 Å². The number of esters is 1. The Hall–Kier alpha value is -0.700. The molecule has 1 rings (SSSR count). The summed E-state index contributed by atoms with van der Waals surface area (Å²) < 4.78 is 22.2. The maximum Gasteiger partial charge on any atom is 0.341 e. The number of para-hydroxylation sites is 1. The SMILES string of the molecule is CCOC(=O)c1ccccc1OP(=O)(CCl)CCl. The number of hydrogen-bond acceptors (Lipinski definition) is 4. The molecule has 0 bridgehead atoms. The molecule has 0 amide bonds. The van der Waals surface area contributed by atoms with Gasteiger partial charge in [-0.25, -0.2) is 4.79 Å². The average Bonchev–Trinajstić information content (AvgIpc) is 2.39. The van der Waals surface area contributed by atoms with Crippen molar-refractivity contribution in [3.8, 4) is 5.75 Å². The van der Waals surface area contributed by atoms with Crippen LogP contribution in [-0.2, 0) is 9.30 Å². The lowest BCUT2D eigenvalue weighted by molar-refractivity contribution is 0.0524. The molecule has 18 heavy (non-hydrogen) atoms. The van der Waals surface area contributed by atoms with E-state index in [9.17, 15) is 9.36 Å². The monoisotopic (exact) mass is 310 g/mol. The highest BCUT2D eigenvalue weighted by molar-refractivity contribution is 7.62. The molecule has 0 aromatic heterocycles. The average molecular weight is 311 g/mol. The molecule has 0 spiro atoms. The maximum absolute atomic E-state index is 12.0. The van der Waals surface area contributed by atoms with Crippen LogP contribution in [0.3, 0.4) is 0 Å². The van der Waals surface area contributed by atoms with Crippen LogP contribution in [0.5, 0.6) is 5.75 Å². The molecular weight excluding hydrogens is 298 g/mol. The highest BCUT2D eigenvalue weighted by Gasteiger charge is 2.25. The molecule has 0 saturated heterocycles. The van der Waals surface area contributed by atoms with E-state index < -0.39 is 13.3 Å². The normalized spacial score (nSPS) is 11.1. The second-order valence-electron chi connectivity index (χ2n) is 3.36. The van der Waals surface area contributed by atoms with Gasteiger partial charge in [-0.1, -0.05) is 12.1 Å². The minimum absolute atomic E-state index is 0.167. The Kier molecular flexibility index (Phi) is 6.00. The quantitative estimate of drug-likeness (QED) is 0.454. The van der Waals surface area contributed by atoms with E-state index in [1.165, 1.54) is 12.1 Å². The number of hydrogen-bond donors (Lipinski definition) is 0. The van der Waals surface area contributed by atoms with Crippen LogP contribution in [0.1, 0.15) is 17.3 Å². The minimum atomic E-state index is -3.17. The zero-order valence-corrected chi connectivity index (χ0v) is 12.2. The van der Waals surface area contributed by atoms with Crippen molar-refractivity contribution in [3.63, 3.8) is 0 Å². The second-order valence-corrected chi connectivity index (χ2v) is 7.09. The predicted octanol–water partition coefficient (Wildman–Crippen LogP) is 3.91. The lowest BCUT2D eigenvalue weighted by Crippen LogP contribution is -2.07. The summed E-state index contributed by atoms with van der Waals surface area (Å²) in [7, 11) is -3.17. The summed E-state index contributed by atoms with van der Waals surface area (Å²) >= 11 is 11.1. The molecule has 0 atom stereocenters. The topological polar surface area (TPSA) is 52.6 Å². The van der Waals surface area contributed by atoms with Crippen molar-refractivity contribution in [2.75, 3.05) is 17.8 Å². The Morgan fingerprint density at radius 1 is 1.28 bits per heavy atom. The van der Waals surface area contributed by atoms with Crippen molar-refractivity contribution in [3.05, 3.63) is 29.8 Å². The van der Waals surface area contributed by atoms with Crippen LogP contribution in [0.2, 0.25) is 0 Å². The van der Waals surface area contributed by atoms with Gasteiger partial charge in [-0.15, -0.1) is 23.2 Å². The van der Waals surface area contributed by atoms with Gasteiger partial charge in [0.25, 0.3) is 7.37 Å². The first-order chi connectivity index (χ1) is 8.56. The number of benzene rings is 1. The van der Waals surface area contributed by atoms with E-state index in [0.29, 0.717) is 0 Å². The molecule has 100 valence electrons. The Balaban J connectivity index is 3.02. The molecule has 0 aliphatic carbocycles. The number of ether oxygens (including phenoxy) is 1. The lowest BCUT2D eigenvalue weighted by Gasteiger charge is -2.16. The van der Waals surface area contributed by atoms with E-state index in [1.54, 1.807) is 19.1 Å². The Morgan fingerprint density at radius 2 is 1.89 bits per heavy atom. The Bertz CT molecular complexity index is 456. The lowest BCUT2D eigenvalue weighted by atomic mass is 10.2. The van der Waals surface area contributed by atoms with E-state index >= 15 is 0 Å². The van der Waals surface area contributed by atoms with Crippen molar-refractivity contribution >= 4 is 36.5 Å². The van der Waals surface area contributed by atoms with Crippen LogP contribution >= 0.6 is 30.6 Å². The van der Waals surface area contributed by atoms with Crippen LogP contribution in [0.15, 0.2) is 24.3 Å². The number of alkyl halides is 2. The number of carbonyl (C=O) groups is 1. The summed E-state index contributed by atoms with van der Waals surface area (Å²) in [5.74, 6) is -0.371. The van der Waals surface area contributed by atoms with Crippen LogP contribution < -0.4 is 4.52 Å². The van der Waals surface area contributed by atoms with Crippen molar-refractivity contribution in [1.29, 1.82) is 0 Å². The number of carbonyl (C=O) groups excluding carboxylic acids is 1. The molecule has 0 fully saturated rings. The summed E-state index contributed by atoms with van der Waals surface area (Å²) in [6, 6.07) is 6.37. The zero-order chi connectivity index (χ0) is 13.6. The fourth-order valence-corrected chi connectivity index (χ4v) is 2.92. The molecule has 0 radical (unpaired) electrons. The van der Waals surface area contributed by atoms with E-state index in [4.69, 9.17) is 32.5 Å². The van der Waals surface area contributed by atoms with Crippen molar-refractivity contribution in [2.24, 2.45) is 0 Å². The van der Waals surface area contributed by atoms with Gasteiger partial charge in [0.2, 0.25) is 0 Å². The highest BCUT2D eigenvalue weighted by Crippen LogP contribution is 2.49. The summed E-state index contributed by atoms with van der Waals surface area (Å²) in [6.07, 6.45) is 0. The zero-order valence-electron chi connectivity index (χ0n) is 9.77. The van der Waals surface area contributed by atoms with Gasteiger partial charge in [0.15, 0.2) is 0 Å². The van der Waals surface area contributed by atoms with E-state index in [0.717, 1.165) is 0 Å². The van der Waals surface area contributed by atoms with Gasteiger partial charge in [-0.3, -0.25) is 4.57 Å². The summed E-state index contributed by atoms with van der Waals surface area (Å²) in [4.78, 5) is 11.7. The largest absolute Gasteiger partial charge is 0.462 e. The standard InChI is InChI=1S/C11H13Cl2O4P/c1-2-16-11(14)9-5-3-4-6-10(9)17-18(15,7-12)8-13/h3-6H,2,7-8H2,1H3. The van der Waals surface area contributed by atoms with Crippen LogP contribution in [-0.4, -0.2) is 23.8 Å². The fourth-order valence-electron chi connectivity index (χ4n) is 1.18. The second kappa shape index (κ2) is 7.03. The van der Waals surface area contributed by atoms with Gasteiger partial charge in [-0.05, 0) is 19.1 Å². The molecule has 0 aliphatic rings. The molecule has 1 aromatic rings. The maximum atomic E-state index is 12.0. The summed E-state index contributed by atoms with van der Waals surface area (Å²) in [6.45, 7) is 1.94. The third kappa shape index (κ3) is 3.91. The molecule has 0 saturated carbocycles. The van der Waals surface area contributed by atoms with Crippen LogP contribution in [0, 0.1) is 0 Å². The van der Waals surface area contributed by atoms with Gasteiger partial charge in [0.1, 0.15) is 22.6 Å². The number of rotatable bonds is 6. The van der Waals surface area contributed by atoms with Gasteiger partial charge >= 0.3 is 5.97 Å². The predicted molar refractivity (Wildman–Crippen MR) is 72.1 cm³/mol. The third-order valence-corrected chi connectivity index (χ3v) is 5.45. The molecule has 0 aliphatic heterocycles. The van der Waals surface area contributed by atoms with E-state index in [1.807, 2.05) is 0 Å². The highest BCUT2D eigenvalue weighted by atomic mass is 35.5. The van der Waals surface area contributed by atoms with Gasteiger partial charge in [0, 0.05) is 0 Å².